The lowest BCUT2D eigenvalue weighted by Crippen LogP contribution is -2.43. The summed E-state index contributed by atoms with van der Waals surface area (Å²) in [5, 5.41) is 0. The quantitative estimate of drug-likeness (QED) is 0.311. The zero-order chi connectivity index (χ0) is 28.2. The topological polar surface area (TPSA) is 62.5 Å². The van der Waals surface area contributed by atoms with Crippen LogP contribution in [-0.2, 0) is 30.5 Å². The number of alkyl halides is 6. The second kappa shape index (κ2) is 11.7. The maximum Gasteiger partial charge on any atom is 0.471 e. The Hall–Kier alpha value is -3.54. The van der Waals surface area contributed by atoms with Crippen LogP contribution < -0.4 is 10.3 Å². The number of anilines is 2. The van der Waals surface area contributed by atoms with E-state index in [0.29, 0.717) is 29.1 Å². The Balaban J connectivity index is 1.84. The van der Waals surface area contributed by atoms with Gasteiger partial charge in [0.1, 0.15) is 0 Å². The van der Waals surface area contributed by atoms with Gasteiger partial charge in [-0.2, -0.15) is 26.3 Å². The Kier molecular flexibility index (Phi) is 8.53. The molecule has 1 aliphatic rings. The highest BCUT2D eigenvalue weighted by Gasteiger charge is 2.44. The van der Waals surface area contributed by atoms with Crippen molar-refractivity contribution < 1.29 is 31.1 Å². The van der Waals surface area contributed by atoms with E-state index >= 15 is 0 Å². The number of nitrogens with two attached hydrogens (primary N) is 1. The maximum absolute atomic E-state index is 14.2. The minimum atomic E-state index is -5.21. The summed E-state index contributed by atoms with van der Waals surface area (Å²) in [6, 6.07) is 16.2. The number of benzene rings is 2. The van der Waals surface area contributed by atoms with Gasteiger partial charge in [0.2, 0.25) is 0 Å². The molecule has 1 aromatic heterocycles. The largest absolute Gasteiger partial charge is 0.471 e. The van der Waals surface area contributed by atoms with Gasteiger partial charge in [-0.1, -0.05) is 36.4 Å². The number of carbonyl (C=O) groups excluding carboxylic acids is 1. The first-order valence-corrected chi connectivity index (χ1v) is 13.3. The van der Waals surface area contributed by atoms with Gasteiger partial charge in [-0.3, -0.25) is 9.78 Å². The molecule has 3 aromatic rings. The van der Waals surface area contributed by atoms with Crippen LogP contribution in [0, 0.1) is 0 Å². The summed E-state index contributed by atoms with van der Waals surface area (Å²) < 4.78 is 84.7. The monoisotopic (exact) mass is 564 g/mol. The van der Waals surface area contributed by atoms with Crippen molar-refractivity contribution in [3.05, 3.63) is 89.2 Å². The molecule has 0 saturated heterocycles. The number of hydrogen-bond donors (Lipinski definition) is 1. The zero-order valence-corrected chi connectivity index (χ0v) is 21.8. The van der Waals surface area contributed by atoms with Crippen molar-refractivity contribution in [3.63, 3.8) is 0 Å². The van der Waals surface area contributed by atoms with Gasteiger partial charge in [-0.25, -0.2) is 0 Å². The minimum absolute atomic E-state index is 0.00510. The fraction of sp³-hybridized carbons (Fsp3) is 0.333. The number of rotatable bonds is 4. The number of amides is 1. The fourth-order valence-corrected chi connectivity index (χ4v) is 6.39. The van der Waals surface area contributed by atoms with Crippen molar-refractivity contribution in [1.82, 2.24) is 9.88 Å². The molecule has 0 bridgehead atoms. The summed E-state index contributed by atoms with van der Waals surface area (Å²) in [5.41, 5.74) is 6.41. The highest BCUT2D eigenvalue weighted by molar-refractivity contribution is 6.43. The van der Waals surface area contributed by atoms with Crippen LogP contribution in [0.4, 0.5) is 37.7 Å². The Morgan fingerprint density at radius 2 is 1.77 bits per heavy atom. The molecule has 1 atom stereocenters. The van der Waals surface area contributed by atoms with Crippen molar-refractivity contribution in [2.24, 2.45) is 0 Å². The molecule has 12 heteroatoms. The molecular weight excluding hydrogens is 538 g/mol. The summed E-state index contributed by atoms with van der Waals surface area (Å²) in [6.07, 6.45) is -7.30. The van der Waals surface area contributed by atoms with Crippen LogP contribution in [0.2, 0.25) is 5.54 Å². The van der Waals surface area contributed by atoms with Crippen molar-refractivity contribution in [3.8, 4) is 0 Å². The summed E-state index contributed by atoms with van der Waals surface area (Å²) in [4.78, 5) is 17.1. The van der Waals surface area contributed by atoms with Crippen LogP contribution in [0.3, 0.4) is 0 Å². The average molecular weight is 565 g/mol. The number of aromatic nitrogens is 1. The van der Waals surface area contributed by atoms with Crippen LogP contribution in [0.5, 0.6) is 0 Å². The Morgan fingerprint density at radius 1 is 1.03 bits per heavy atom. The number of hydrogen-bond acceptors (Lipinski definition) is 4. The number of carbonyl (C=O) groups is 1. The Bertz CT molecular complexity index is 1290. The molecule has 1 amide bonds. The van der Waals surface area contributed by atoms with Crippen molar-refractivity contribution in [1.29, 1.82) is 0 Å². The number of nitrogens with zero attached hydrogens (tertiary/aromatic N) is 3. The van der Waals surface area contributed by atoms with E-state index in [1.807, 2.05) is 30.3 Å². The molecule has 2 aromatic carbocycles. The summed E-state index contributed by atoms with van der Waals surface area (Å²) in [5.74, 6) is -2.16. The zero-order valence-electron chi connectivity index (χ0n) is 20.8. The SMILES string of the molecule is Nc1ccnc(CN2[Si][C@@H](Cc3ccccc3)CCCN(C(=O)C(F)(F)F)Cc3c2cccc3C(F)(F)F)c1. The molecule has 2 heterocycles. The van der Waals surface area contributed by atoms with Crippen LogP contribution >= 0.6 is 0 Å². The molecule has 0 spiro atoms. The lowest BCUT2D eigenvalue weighted by molar-refractivity contribution is -0.186. The predicted octanol–water partition coefficient (Wildman–Crippen LogP) is 6.02. The van der Waals surface area contributed by atoms with E-state index in [0.717, 1.165) is 11.6 Å². The van der Waals surface area contributed by atoms with Gasteiger partial charge in [0.15, 0.2) is 9.68 Å². The van der Waals surface area contributed by atoms with E-state index in [1.165, 1.54) is 18.3 Å². The van der Waals surface area contributed by atoms with E-state index in [-0.39, 0.29) is 46.0 Å². The normalized spacial score (nSPS) is 17.0. The summed E-state index contributed by atoms with van der Waals surface area (Å²) >= 11 is 0. The van der Waals surface area contributed by atoms with Crippen molar-refractivity contribution in [2.45, 2.75) is 50.2 Å². The summed E-state index contributed by atoms with van der Waals surface area (Å²) in [7, 11) is -0.00510. The average Bonchev–Trinajstić information content (AvgIpc) is 2.86. The molecule has 0 unspecified atom stereocenters. The molecular formula is C27H26F6N4OSi. The third-order valence-electron chi connectivity index (χ3n) is 6.43. The van der Waals surface area contributed by atoms with Crippen molar-refractivity contribution >= 4 is 27.0 Å². The number of nitrogen functional groups attached to an aromatic ring is 1. The predicted molar refractivity (Wildman–Crippen MR) is 137 cm³/mol. The standard InChI is InChI=1S/C27H26F6N4OSi/c28-26(29,30)23-9-4-10-24-22(23)17-36(25(38)27(31,32)33)13-5-8-21(14-18-6-2-1-3-7-18)39-37(24)16-20-15-19(34)11-12-35-20/h1-4,6-7,9-12,15,21H,5,8,13-14,16-17H2,(H2,34,35)/t21-/m1/s1. The summed E-state index contributed by atoms with van der Waals surface area (Å²) in [6.45, 7) is -1.04. The lowest BCUT2D eigenvalue weighted by Gasteiger charge is -2.35. The highest BCUT2D eigenvalue weighted by atomic mass is 28.2. The third kappa shape index (κ3) is 7.31. The molecule has 0 aliphatic carbocycles. The van der Waals surface area contributed by atoms with Crippen molar-refractivity contribution in [2.75, 3.05) is 16.8 Å². The van der Waals surface area contributed by atoms with Gasteiger partial charge in [-0.15, -0.1) is 0 Å². The Morgan fingerprint density at radius 3 is 2.44 bits per heavy atom. The minimum Gasteiger partial charge on any atom is -0.399 e. The van der Waals surface area contributed by atoms with Gasteiger partial charge in [-0.05, 0) is 54.6 Å². The van der Waals surface area contributed by atoms with Crippen LogP contribution in [0.1, 0.15) is 35.2 Å². The lowest BCUT2D eigenvalue weighted by atomic mass is 10.0. The molecule has 0 saturated carbocycles. The molecule has 0 fully saturated rings. The first-order valence-electron chi connectivity index (χ1n) is 12.2. The number of fused-ring (bicyclic) bond motifs is 1. The van der Waals surface area contributed by atoms with Crippen LogP contribution in [0.15, 0.2) is 66.9 Å². The highest BCUT2D eigenvalue weighted by Crippen LogP contribution is 2.39. The first kappa shape index (κ1) is 28.5. The van der Waals surface area contributed by atoms with E-state index in [9.17, 15) is 31.1 Å². The van der Waals surface area contributed by atoms with E-state index in [2.05, 4.69) is 4.98 Å². The Labute approximate surface area is 224 Å². The number of pyridine rings is 1. The van der Waals surface area contributed by atoms with E-state index < -0.39 is 30.4 Å². The van der Waals surface area contributed by atoms with Gasteiger partial charge >= 0.3 is 18.3 Å². The molecule has 206 valence electrons. The van der Waals surface area contributed by atoms with Crippen LogP contribution in [-0.4, -0.2) is 38.2 Å². The van der Waals surface area contributed by atoms with Crippen LogP contribution in [0.25, 0.3) is 0 Å². The second-order valence-corrected chi connectivity index (χ2v) is 11.0. The van der Waals surface area contributed by atoms with Gasteiger partial charge in [0.05, 0.1) is 17.8 Å². The third-order valence-corrected chi connectivity index (χ3v) is 8.00. The molecule has 1 aliphatic heterocycles. The van der Waals surface area contributed by atoms with E-state index in [4.69, 9.17) is 5.73 Å². The molecule has 2 N–H and O–H groups in total. The fourth-order valence-electron chi connectivity index (χ4n) is 4.69. The second-order valence-electron chi connectivity index (χ2n) is 9.35. The first-order chi connectivity index (χ1) is 18.4. The van der Waals surface area contributed by atoms with Gasteiger partial charge in [0.25, 0.3) is 0 Å². The smallest absolute Gasteiger partial charge is 0.399 e. The maximum atomic E-state index is 14.2. The van der Waals surface area contributed by atoms with Gasteiger partial charge < -0.3 is 15.2 Å². The number of halogens is 6. The van der Waals surface area contributed by atoms with Gasteiger partial charge in [0, 0.05) is 36.2 Å². The molecule has 39 heavy (non-hydrogen) atoms. The molecule has 2 radical (unpaired) electrons. The molecule has 4 rings (SSSR count). The van der Waals surface area contributed by atoms with E-state index in [1.54, 1.807) is 16.7 Å². The molecule has 5 nitrogen and oxygen atoms in total.